The van der Waals surface area contributed by atoms with Gasteiger partial charge in [0.1, 0.15) is 17.3 Å². The van der Waals surface area contributed by atoms with Crippen molar-refractivity contribution in [2.45, 2.75) is 26.3 Å². The van der Waals surface area contributed by atoms with Crippen LogP contribution >= 0.6 is 11.6 Å². The number of benzene rings is 2. The smallest absolute Gasteiger partial charge is 0.321 e. The van der Waals surface area contributed by atoms with Gasteiger partial charge in [-0.2, -0.15) is 0 Å². The first-order valence-electron chi connectivity index (χ1n) is 10.3. The van der Waals surface area contributed by atoms with Gasteiger partial charge in [0.25, 0.3) is 0 Å². The molecule has 0 radical (unpaired) electrons. The molecular weight excluding hydrogens is 437 g/mol. The number of amides is 3. The first-order valence-corrected chi connectivity index (χ1v) is 10.6. The van der Waals surface area contributed by atoms with Gasteiger partial charge in [-0.3, -0.25) is 4.79 Å². The highest BCUT2D eigenvalue weighted by Crippen LogP contribution is 2.36. The average Bonchev–Trinajstić information content (AvgIpc) is 2.78. The van der Waals surface area contributed by atoms with Crippen molar-refractivity contribution in [2.24, 2.45) is 5.41 Å². The van der Waals surface area contributed by atoms with Crippen LogP contribution in [0.4, 0.5) is 14.9 Å². The lowest BCUT2D eigenvalue weighted by Crippen LogP contribution is -2.52. The monoisotopic (exact) mass is 463 g/mol. The molecule has 0 spiro atoms. The van der Waals surface area contributed by atoms with E-state index in [0.29, 0.717) is 48.1 Å². The Hall–Kier alpha value is -3.00. The van der Waals surface area contributed by atoms with Crippen molar-refractivity contribution in [3.8, 4) is 11.5 Å². The number of rotatable bonds is 6. The molecule has 1 aliphatic heterocycles. The minimum absolute atomic E-state index is 0.149. The fourth-order valence-corrected chi connectivity index (χ4v) is 3.99. The van der Waals surface area contributed by atoms with Gasteiger partial charge in [0.05, 0.1) is 30.3 Å². The summed E-state index contributed by atoms with van der Waals surface area (Å²) in [7, 11) is 2.98. The quantitative estimate of drug-likeness (QED) is 0.663. The molecule has 172 valence electrons. The third-order valence-electron chi connectivity index (χ3n) is 5.61. The molecule has 0 aromatic heterocycles. The number of carbonyl (C=O) groups is 2. The third kappa shape index (κ3) is 5.43. The van der Waals surface area contributed by atoms with Crippen LogP contribution in [0.15, 0.2) is 36.4 Å². The molecule has 1 fully saturated rings. The lowest BCUT2D eigenvalue weighted by molar-refractivity contribution is -0.132. The maximum absolute atomic E-state index is 13.1. The Bertz CT molecular complexity index is 986. The molecular formula is C23H27ClFN3O4. The van der Waals surface area contributed by atoms with Crippen molar-refractivity contribution in [2.75, 3.05) is 32.6 Å². The molecule has 1 aliphatic rings. The van der Waals surface area contributed by atoms with E-state index in [9.17, 15) is 14.0 Å². The highest BCUT2D eigenvalue weighted by Gasteiger charge is 2.39. The Morgan fingerprint density at radius 3 is 2.50 bits per heavy atom. The minimum atomic E-state index is -0.739. The summed E-state index contributed by atoms with van der Waals surface area (Å²) in [4.78, 5) is 27.5. The van der Waals surface area contributed by atoms with Crippen molar-refractivity contribution in [1.82, 2.24) is 10.2 Å². The summed E-state index contributed by atoms with van der Waals surface area (Å²) in [6.45, 7) is 2.93. The molecule has 3 amide bonds. The van der Waals surface area contributed by atoms with Crippen molar-refractivity contribution in [3.05, 3.63) is 52.8 Å². The van der Waals surface area contributed by atoms with Crippen LogP contribution < -0.4 is 20.1 Å². The molecule has 1 heterocycles. The molecule has 1 saturated heterocycles. The second-order valence-corrected chi connectivity index (χ2v) is 8.42. The van der Waals surface area contributed by atoms with Crippen LogP contribution in [0.2, 0.25) is 5.02 Å². The lowest BCUT2D eigenvalue weighted by Gasteiger charge is -2.39. The number of halogens is 2. The van der Waals surface area contributed by atoms with Gasteiger partial charge in [-0.25, -0.2) is 9.18 Å². The topological polar surface area (TPSA) is 79.9 Å². The highest BCUT2D eigenvalue weighted by atomic mass is 35.5. The third-order valence-corrected chi connectivity index (χ3v) is 5.91. The summed E-state index contributed by atoms with van der Waals surface area (Å²) in [6, 6.07) is 8.79. The highest BCUT2D eigenvalue weighted by molar-refractivity contribution is 6.32. The van der Waals surface area contributed by atoms with E-state index in [-0.39, 0.29) is 24.3 Å². The predicted molar refractivity (Wildman–Crippen MR) is 121 cm³/mol. The van der Waals surface area contributed by atoms with Crippen molar-refractivity contribution in [3.63, 3.8) is 0 Å². The van der Waals surface area contributed by atoms with E-state index in [1.807, 2.05) is 6.92 Å². The Kier molecular flexibility index (Phi) is 7.45. The zero-order valence-electron chi connectivity index (χ0n) is 18.3. The Morgan fingerprint density at radius 1 is 1.16 bits per heavy atom. The molecule has 2 aromatic carbocycles. The number of nitrogens with zero attached hydrogens (tertiary/aromatic N) is 1. The van der Waals surface area contributed by atoms with E-state index < -0.39 is 5.41 Å². The molecule has 0 bridgehead atoms. The van der Waals surface area contributed by atoms with Gasteiger partial charge in [-0.15, -0.1) is 0 Å². The number of urea groups is 1. The maximum Gasteiger partial charge on any atom is 0.321 e. The second kappa shape index (κ2) is 10.1. The zero-order chi connectivity index (χ0) is 23.3. The van der Waals surface area contributed by atoms with Crippen LogP contribution in [0.25, 0.3) is 0 Å². The average molecular weight is 464 g/mol. The van der Waals surface area contributed by atoms with Crippen LogP contribution in [-0.2, 0) is 11.3 Å². The van der Waals surface area contributed by atoms with Crippen LogP contribution in [0.1, 0.15) is 25.3 Å². The number of anilines is 1. The van der Waals surface area contributed by atoms with Crippen LogP contribution in [-0.4, -0.2) is 44.1 Å². The molecule has 7 nitrogen and oxygen atoms in total. The van der Waals surface area contributed by atoms with E-state index in [0.717, 1.165) is 5.56 Å². The SMILES string of the molecule is COc1cc(OC)c(NC(=O)N2CCC[C@](C)(C(=O)NCc3ccc(F)cc3)C2)cc1Cl. The van der Waals surface area contributed by atoms with E-state index in [2.05, 4.69) is 10.6 Å². The van der Waals surface area contributed by atoms with E-state index in [1.165, 1.54) is 26.4 Å². The van der Waals surface area contributed by atoms with Gasteiger partial charge in [-0.1, -0.05) is 23.7 Å². The fourth-order valence-electron chi connectivity index (χ4n) is 3.75. The molecule has 9 heteroatoms. The predicted octanol–water partition coefficient (Wildman–Crippen LogP) is 4.45. The van der Waals surface area contributed by atoms with Crippen molar-refractivity contribution >= 4 is 29.2 Å². The molecule has 32 heavy (non-hydrogen) atoms. The second-order valence-electron chi connectivity index (χ2n) is 8.01. The van der Waals surface area contributed by atoms with Crippen molar-refractivity contribution in [1.29, 1.82) is 0 Å². The molecule has 0 unspecified atom stereocenters. The number of carbonyl (C=O) groups excluding carboxylic acids is 2. The van der Waals surface area contributed by atoms with Crippen molar-refractivity contribution < 1.29 is 23.5 Å². The minimum Gasteiger partial charge on any atom is -0.495 e. The van der Waals surface area contributed by atoms with Gasteiger partial charge in [0.15, 0.2) is 0 Å². The van der Waals surface area contributed by atoms with Crippen LogP contribution in [0, 0.1) is 11.2 Å². The zero-order valence-corrected chi connectivity index (χ0v) is 19.1. The molecule has 1 atom stereocenters. The molecule has 3 rings (SSSR count). The number of methoxy groups -OCH3 is 2. The summed E-state index contributed by atoms with van der Waals surface area (Å²) < 4.78 is 23.6. The first-order chi connectivity index (χ1) is 15.3. The van der Waals surface area contributed by atoms with E-state index in [1.54, 1.807) is 29.2 Å². The Labute approximate surface area is 191 Å². The number of likely N-dealkylation sites (tertiary alicyclic amines) is 1. The lowest BCUT2D eigenvalue weighted by atomic mass is 9.81. The normalized spacial score (nSPS) is 18.1. The summed E-state index contributed by atoms with van der Waals surface area (Å²) in [5.41, 5.74) is 0.477. The number of ether oxygens (including phenoxy) is 2. The number of hydrogen-bond donors (Lipinski definition) is 2. The summed E-state index contributed by atoms with van der Waals surface area (Å²) >= 11 is 6.19. The van der Waals surface area contributed by atoms with Crippen LogP contribution in [0.5, 0.6) is 11.5 Å². The molecule has 0 saturated carbocycles. The Balaban J connectivity index is 1.65. The fraction of sp³-hybridized carbons (Fsp3) is 0.391. The summed E-state index contributed by atoms with van der Waals surface area (Å²) in [6.07, 6.45) is 1.35. The molecule has 0 aliphatic carbocycles. The number of piperidine rings is 1. The Morgan fingerprint density at radius 2 is 1.84 bits per heavy atom. The van der Waals surface area contributed by atoms with E-state index in [4.69, 9.17) is 21.1 Å². The van der Waals surface area contributed by atoms with Gasteiger partial charge < -0.3 is 25.0 Å². The van der Waals surface area contributed by atoms with Gasteiger partial charge in [-0.05, 0) is 43.5 Å². The number of hydrogen-bond acceptors (Lipinski definition) is 4. The van der Waals surface area contributed by atoms with Crippen LogP contribution in [0.3, 0.4) is 0 Å². The first kappa shape index (κ1) is 23.7. The largest absolute Gasteiger partial charge is 0.495 e. The summed E-state index contributed by atoms with van der Waals surface area (Å²) in [5, 5.41) is 6.06. The molecule has 2 N–H and O–H groups in total. The summed E-state index contributed by atoms with van der Waals surface area (Å²) in [5.74, 6) is 0.376. The standard InChI is InChI=1S/C23H27ClFN3O4/c1-23(21(29)26-13-15-5-7-16(25)8-6-15)9-4-10-28(14-23)22(30)27-18-11-17(24)19(31-2)12-20(18)32-3/h5-8,11-12H,4,9-10,13-14H2,1-3H3,(H,26,29)(H,27,30)/t23-/m0/s1. The maximum atomic E-state index is 13.1. The number of nitrogens with one attached hydrogen (secondary N) is 2. The molecule has 2 aromatic rings. The van der Waals surface area contributed by atoms with Gasteiger partial charge in [0.2, 0.25) is 5.91 Å². The van der Waals surface area contributed by atoms with Gasteiger partial charge in [0, 0.05) is 25.7 Å². The van der Waals surface area contributed by atoms with E-state index >= 15 is 0 Å². The van der Waals surface area contributed by atoms with Gasteiger partial charge >= 0.3 is 6.03 Å².